The number of likely N-dealkylation sites (N-methyl/N-ethyl adjacent to an activating group) is 1. The van der Waals surface area contributed by atoms with E-state index in [2.05, 4.69) is 14.7 Å². The van der Waals surface area contributed by atoms with Gasteiger partial charge in [0.25, 0.3) is 0 Å². The van der Waals surface area contributed by atoms with Crippen molar-refractivity contribution in [3.05, 3.63) is 5.82 Å². The van der Waals surface area contributed by atoms with Crippen LogP contribution in [0.1, 0.15) is 25.6 Å². The second kappa shape index (κ2) is 6.54. The first-order chi connectivity index (χ1) is 7.59. The highest BCUT2D eigenvalue weighted by Crippen LogP contribution is 2.22. The summed E-state index contributed by atoms with van der Waals surface area (Å²) >= 11 is 3.19. The predicted molar refractivity (Wildman–Crippen MR) is 69.2 cm³/mol. The molecule has 0 aliphatic heterocycles. The topological polar surface area (TPSA) is 58.0 Å². The van der Waals surface area contributed by atoms with Gasteiger partial charge in [-0.1, -0.05) is 11.8 Å². The van der Waals surface area contributed by atoms with Crippen molar-refractivity contribution >= 4 is 23.3 Å². The molecule has 92 valence electrons. The van der Waals surface area contributed by atoms with Crippen LogP contribution in [0.3, 0.4) is 0 Å². The van der Waals surface area contributed by atoms with Crippen molar-refractivity contribution in [3.63, 3.8) is 0 Å². The highest BCUT2D eigenvalue weighted by atomic mass is 32.2. The van der Waals surface area contributed by atoms with Crippen LogP contribution in [0.25, 0.3) is 0 Å². The Morgan fingerprint density at radius 3 is 2.81 bits per heavy atom. The number of aromatic nitrogens is 2. The van der Waals surface area contributed by atoms with Gasteiger partial charge in [0, 0.05) is 11.3 Å². The molecule has 16 heavy (non-hydrogen) atoms. The Balaban J connectivity index is 2.21. The number of aliphatic hydroxyl groups excluding tert-OH is 1. The lowest BCUT2D eigenvalue weighted by Gasteiger charge is -2.26. The average Bonchev–Trinajstić information content (AvgIpc) is 2.70. The first kappa shape index (κ1) is 13.9. The number of nitrogens with zero attached hydrogens (tertiary/aromatic N) is 2. The second-order valence-corrected chi connectivity index (χ2v) is 6.12. The molecule has 0 bridgehead atoms. The molecule has 1 atom stereocenters. The number of rotatable bonds is 7. The summed E-state index contributed by atoms with van der Waals surface area (Å²) in [6.07, 6.45) is 2.02. The number of thioether (sulfide) groups is 1. The minimum Gasteiger partial charge on any atom is -0.394 e. The lowest BCUT2D eigenvalue weighted by Crippen LogP contribution is -2.43. The maximum absolute atomic E-state index is 9.22. The minimum atomic E-state index is -0.155. The molecule has 2 N–H and O–H groups in total. The largest absolute Gasteiger partial charge is 0.394 e. The summed E-state index contributed by atoms with van der Waals surface area (Å²) in [5.74, 6) is 1.87. The molecule has 0 saturated carbocycles. The molecule has 0 saturated heterocycles. The van der Waals surface area contributed by atoms with Crippen molar-refractivity contribution in [3.8, 4) is 0 Å². The molecule has 0 spiro atoms. The Bertz CT molecular complexity index is 313. The van der Waals surface area contributed by atoms with Crippen molar-refractivity contribution in [1.82, 2.24) is 14.7 Å². The van der Waals surface area contributed by atoms with Crippen LogP contribution in [0, 0.1) is 6.92 Å². The standard InChI is InChI=1S/C10H19N3OS2/c1-8-12-9(16-13-8)15-6-4-5-10(2,7-14)11-3/h11,14H,4-7H2,1-3H3. The summed E-state index contributed by atoms with van der Waals surface area (Å²) < 4.78 is 5.17. The van der Waals surface area contributed by atoms with E-state index in [1.807, 2.05) is 20.9 Å². The minimum absolute atomic E-state index is 0.155. The normalized spacial score (nSPS) is 15.0. The van der Waals surface area contributed by atoms with E-state index in [9.17, 15) is 5.11 Å². The van der Waals surface area contributed by atoms with Crippen molar-refractivity contribution in [2.75, 3.05) is 19.4 Å². The van der Waals surface area contributed by atoms with Crippen LogP contribution in [-0.2, 0) is 0 Å². The smallest absolute Gasteiger partial charge is 0.170 e. The number of hydrogen-bond donors (Lipinski definition) is 2. The van der Waals surface area contributed by atoms with Gasteiger partial charge in [-0.05, 0) is 45.3 Å². The molecule has 1 heterocycles. The van der Waals surface area contributed by atoms with Gasteiger partial charge in [0.1, 0.15) is 5.82 Å². The zero-order chi connectivity index (χ0) is 12.0. The third-order valence-electron chi connectivity index (χ3n) is 2.56. The fourth-order valence-corrected chi connectivity index (χ4v) is 2.90. The van der Waals surface area contributed by atoms with Crippen molar-refractivity contribution < 1.29 is 5.11 Å². The maximum Gasteiger partial charge on any atom is 0.170 e. The summed E-state index contributed by atoms with van der Waals surface area (Å²) in [5.41, 5.74) is -0.155. The fourth-order valence-electron chi connectivity index (χ4n) is 1.24. The van der Waals surface area contributed by atoms with Gasteiger partial charge in [0.05, 0.1) is 6.61 Å². The number of aryl methyl sites for hydroxylation is 1. The van der Waals surface area contributed by atoms with Crippen molar-refractivity contribution in [2.24, 2.45) is 0 Å². The van der Waals surface area contributed by atoms with Gasteiger partial charge < -0.3 is 10.4 Å². The van der Waals surface area contributed by atoms with E-state index in [1.54, 1.807) is 11.8 Å². The SMILES string of the molecule is CNC(C)(CO)CCCSc1nc(C)ns1. The lowest BCUT2D eigenvalue weighted by atomic mass is 9.98. The van der Waals surface area contributed by atoms with E-state index < -0.39 is 0 Å². The first-order valence-corrected chi connectivity index (χ1v) is 7.08. The summed E-state index contributed by atoms with van der Waals surface area (Å²) in [7, 11) is 1.89. The third kappa shape index (κ3) is 4.37. The van der Waals surface area contributed by atoms with Crippen molar-refractivity contribution in [2.45, 2.75) is 36.6 Å². The first-order valence-electron chi connectivity index (χ1n) is 5.32. The molecule has 1 aromatic rings. The van der Waals surface area contributed by atoms with Gasteiger partial charge in [0.15, 0.2) is 4.34 Å². The molecule has 0 fully saturated rings. The van der Waals surface area contributed by atoms with E-state index in [1.165, 1.54) is 11.5 Å². The Morgan fingerprint density at radius 2 is 2.31 bits per heavy atom. The predicted octanol–water partition coefficient (Wildman–Crippen LogP) is 1.69. The molecule has 6 heteroatoms. The summed E-state index contributed by atoms with van der Waals surface area (Å²) in [4.78, 5) is 4.29. The molecule has 1 unspecified atom stereocenters. The molecule has 0 amide bonds. The van der Waals surface area contributed by atoms with E-state index >= 15 is 0 Å². The van der Waals surface area contributed by atoms with Gasteiger partial charge in [-0.15, -0.1) is 0 Å². The van der Waals surface area contributed by atoms with E-state index in [0.717, 1.165) is 28.8 Å². The zero-order valence-corrected chi connectivity index (χ0v) is 11.6. The van der Waals surface area contributed by atoms with E-state index in [4.69, 9.17) is 0 Å². The van der Waals surface area contributed by atoms with Crippen LogP contribution in [-0.4, -0.2) is 39.4 Å². The molecule has 1 rings (SSSR count). The van der Waals surface area contributed by atoms with Crippen LogP contribution in [0.2, 0.25) is 0 Å². The van der Waals surface area contributed by atoms with Crippen LogP contribution in [0.15, 0.2) is 4.34 Å². The number of nitrogens with one attached hydrogen (secondary N) is 1. The average molecular weight is 261 g/mol. The number of hydrogen-bond acceptors (Lipinski definition) is 6. The van der Waals surface area contributed by atoms with Crippen LogP contribution in [0.4, 0.5) is 0 Å². The molecule has 1 aromatic heterocycles. The van der Waals surface area contributed by atoms with Crippen LogP contribution >= 0.6 is 23.3 Å². The third-order valence-corrected chi connectivity index (χ3v) is 4.57. The molecule has 0 radical (unpaired) electrons. The van der Waals surface area contributed by atoms with Gasteiger partial charge in [-0.25, -0.2) is 4.98 Å². The van der Waals surface area contributed by atoms with Crippen molar-refractivity contribution in [1.29, 1.82) is 0 Å². The summed E-state index contributed by atoms with van der Waals surface area (Å²) in [6.45, 7) is 4.11. The van der Waals surface area contributed by atoms with E-state index in [-0.39, 0.29) is 12.1 Å². The van der Waals surface area contributed by atoms with Gasteiger partial charge in [0.2, 0.25) is 0 Å². The number of aliphatic hydroxyl groups is 1. The summed E-state index contributed by atoms with van der Waals surface area (Å²) in [5, 5.41) is 12.4. The second-order valence-electron chi connectivity index (χ2n) is 4.03. The molecule has 0 aliphatic rings. The van der Waals surface area contributed by atoms with Gasteiger partial charge >= 0.3 is 0 Å². The summed E-state index contributed by atoms with van der Waals surface area (Å²) in [6, 6.07) is 0. The van der Waals surface area contributed by atoms with Crippen LogP contribution < -0.4 is 5.32 Å². The van der Waals surface area contributed by atoms with Gasteiger partial charge in [-0.2, -0.15) is 4.37 Å². The highest BCUT2D eigenvalue weighted by molar-refractivity contribution is 8.00. The van der Waals surface area contributed by atoms with E-state index in [0.29, 0.717) is 0 Å². The fraction of sp³-hybridized carbons (Fsp3) is 0.800. The maximum atomic E-state index is 9.22. The molecule has 0 aromatic carbocycles. The monoisotopic (exact) mass is 261 g/mol. The highest BCUT2D eigenvalue weighted by Gasteiger charge is 2.19. The van der Waals surface area contributed by atoms with Crippen LogP contribution in [0.5, 0.6) is 0 Å². The molecular formula is C10H19N3OS2. The molecular weight excluding hydrogens is 242 g/mol. The van der Waals surface area contributed by atoms with Gasteiger partial charge in [-0.3, -0.25) is 0 Å². The lowest BCUT2D eigenvalue weighted by molar-refractivity contribution is 0.173. The Hall–Kier alpha value is -0.170. The molecule has 4 nitrogen and oxygen atoms in total. The molecule has 0 aliphatic carbocycles. The zero-order valence-electron chi connectivity index (χ0n) is 9.99. The Kier molecular flexibility index (Phi) is 5.68. The Labute approximate surface area is 105 Å². The quantitative estimate of drug-likeness (QED) is 0.578. The Morgan fingerprint density at radius 1 is 1.56 bits per heavy atom.